The number of hydrogen-bond acceptors (Lipinski definition) is 4. The van der Waals surface area contributed by atoms with Gasteiger partial charge in [-0.1, -0.05) is 30.3 Å². The van der Waals surface area contributed by atoms with Gasteiger partial charge in [0.05, 0.1) is 16.9 Å². The van der Waals surface area contributed by atoms with Crippen molar-refractivity contribution < 1.29 is 13.2 Å². The average Bonchev–Trinajstić information content (AvgIpc) is 3.20. The van der Waals surface area contributed by atoms with Crippen molar-refractivity contribution in [2.45, 2.75) is 38.1 Å². The molecule has 1 spiro atoms. The van der Waals surface area contributed by atoms with Gasteiger partial charge in [0.2, 0.25) is 5.91 Å². The van der Waals surface area contributed by atoms with Gasteiger partial charge >= 0.3 is 0 Å². The van der Waals surface area contributed by atoms with Crippen molar-refractivity contribution in [3.05, 3.63) is 35.9 Å². The van der Waals surface area contributed by atoms with Crippen LogP contribution in [0.4, 0.5) is 0 Å². The number of carbonyl (C=O) groups excluding carboxylic acids is 1. The third-order valence-electron chi connectivity index (χ3n) is 6.54. The SMILES string of the molecule is O=C1N(CCc2ccccc2)CCC12CCN(C1CCS(=O)(=O)CC1)C2. The summed E-state index contributed by atoms with van der Waals surface area (Å²) in [4.78, 5) is 17.5. The van der Waals surface area contributed by atoms with E-state index in [1.807, 2.05) is 23.1 Å². The number of nitrogens with zero attached hydrogens (tertiary/aromatic N) is 2. The van der Waals surface area contributed by atoms with Gasteiger partial charge in [-0.15, -0.1) is 0 Å². The van der Waals surface area contributed by atoms with E-state index in [0.717, 1.165) is 58.3 Å². The number of amides is 1. The van der Waals surface area contributed by atoms with E-state index in [-0.39, 0.29) is 5.41 Å². The van der Waals surface area contributed by atoms with Crippen LogP contribution in [0.3, 0.4) is 0 Å². The lowest BCUT2D eigenvalue weighted by Gasteiger charge is -2.32. The van der Waals surface area contributed by atoms with Crippen molar-refractivity contribution >= 4 is 15.7 Å². The average molecular weight is 377 g/mol. The molecule has 1 amide bonds. The molecule has 3 saturated heterocycles. The minimum absolute atomic E-state index is 0.215. The van der Waals surface area contributed by atoms with Crippen LogP contribution in [0.25, 0.3) is 0 Å². The van der Waals surface area contributed by atoms with E-state index >= 15 is 0 Å². The van der Waals surface area contributed by atoms with E-state index < -0.39 is 9.84 Å². The third-order valence-corrected chi connectivity index (χ3v) is 8.25. The van der Waals surface area contributed by atoms with Crippen molar-refractivity contribution in [2.24, 2.45) is 5.41 Å². The van der Waals surface area contributed by atoms with E-state index in [9.17, 15) is 13.2 Å². The fourth-order valence-electron chi connectivity index (χ4n) is 4.85. The van der Waals surface area contributed by atoms with E-state index in [1.54, 1.807) is 0 Å². The molecule has 4 rings (SSSR count). The normalized spacial score (nSPS) is 29.7. The monoisotopic (exact) mass is 376 g/mol. The zero-order valence-electron chi connectivity index (χ0n) is 15.3. The molecule has 3 heterocycles. The molecule has 26 heavy (non-hydrogen) atoms. The fraction of sp³-hybridized carbons (Fsp3) is 0.650. The number of carbonyl (C=O) groups is 1. The molecule has 3 aliphatic rings. The van der Waals surface area contributed by atoms with Gasteiger partial charge in [0.15, 0.2) is 0 Å². The maximum Gasteiger partial charge on any atom is 0.230 e. The molecule has 6 heteroatoms. The Labute approximate surface area is 156 Å². The Kier molecular flexibility index (Phi) is 4.82. The highest BCUT2D eigenvalue weighted by Crippen LogP contribution is 2.42. The highest BCUT2D eigenvalue weighted by molar-refractivity contribution is 7.91. The first-order chi connectivity index (χ1) is 12.5. The van der Waals surface area contributed by atoms with Gasteiger partial charge in [0, 0.05) is 25.7 Å². The molecular weight excluding hydrogens is 348 g/mol. The molecule has 0 aliphatic carbocycles. The minimum Gasteiger partial charge on any atom is -0.342 e. The van der Waals surface area contributed by atoms with Crippen LogP contribution < -0.4 is 0 Å². The van der Waals surface area contributed by atoms with E-state index in [4.69, 9.17) is 0 Å². The van der Waals surface area contributed by atoms with Crippen LogP contribution in [-0.4, -0.2) is 67.9 Å². The van der Waals surface area contributed by atoms with Crippen LogP contribution in [0.5, 0.6) is 0 Å². The lowest BCUT2D eigenvalue weighted by molar-refractivity contribution is -0.135. The van der Waals surface area contributed by atoms with Gasteiger partial charge in [-0.05, 0) is 44.2 Å². The van der Waals surface area contributed by atoms with Gasteiger partial charge in [-0.2, -0.15) is 0 Å². The second-order valence-corrected chi connectivity index (χ2v) is 10.5. The van der Waals surface area contributed by atoms with Crippen molar-refractivity contribution in [3.8, 4) is 0 Å². The summed E-state index contributed by atoms with van der Waals surface area (Å²) in [6.07, 6.45) is 4.24. The van der Waals surface area contributed by atoms with Crippen LogP contribution >= 0.6 is 0 Å². The van der Waals surface area contributed by atoms with Crippen LogP contribution in [0.1, 0.15) is 31.2 Å². The summed E-state index contributed by atoms with van der Waals surface area (Å²) < 4.78 is 23.3. The summed E-state index contributed by atoms with van der Waals surface area (Å²) >= 11 is 0. The third kappa shape index (κ3) is 3.54. The molecule has 0 saturated carbocycles. The van der Waals surface area contributed by atoms with Crippen LogP contribution in [0.15, 0.2) is 30.3 Å². The second-order valence-electron chi connectivity index (χ2n) is 8.16. The van der Waals surface area contributed by atoms with Crippen LogP contribution in [0.2, 0.25) is 0 Å². The summed E-state index contributed by atoms with van der Waals surface area (Å²) in [5, 5.41) is 0. The smallest absolute Gasteiger partial charge is 0.230 e. The second kappa shape index (κ2) is 6.97. The molecule has 0 N–H and O–H groups in total. The Morgan fingerprint density at radius 3 is 2.46 bits per heavy atom. The Bertz CT molecular complexity index is 751. The quantitative estimate of drug-likeness (QED) is 0.803. The van der Waals surface area contributed by atoms with Crippen molar-refractivity contribution in [2.75, 3.05) is 37.7 Å². The largest absolute Gasteiger partial charge is 0.342 e. The highest BCUT2D eigenvalue weighted by atomic mass is 32.2. The van der Waals surface area contributed by atoms with Gasteiger partial charge < -0.3 is 4.90 Å². The Balaban J connectivity index is 1.34. The van der Waals surface area contributed by atoms with Gasteiger partial charge in [0.25, 0.3) is 0 Å². The fourth-order valence-corrected chi connectivity index (χ4v) is 6.32. The molecule has 0 bridgehead atoms. The van der Waals surface area contributed by atoms with Crippen molar-refractivity contribution in [3.63, 3.8) is 0 Å². The Morgan fingerprint density at radius 2 is 1.73 bits per heavy atom. The van der Waals surface area contributed by atoms with Gasteiger partial charge in [-0.3, -0.25) is 9.69 Å². The first-order valence-corrected chi connectivity index (χ1v) is 11.6. The standard InChI is InChI=1S/C20H28N2O3S/c23-19-20(9-12-21(19)11-6-17-4-2-1-3-5-17)10-13-22(16-20)18-7-14-26(24,25)15-8-18/h1-5,18H,6-16H2. The molecule has 3 aliphatic heterocycles. The number of hydrogen-bond donors (Lipinski definition) is 0. The van der Waals surface area contributed by atoms with E-state index in [1.165, 1.54) is 5.56 Å². The summed E-state index contributed by atoms with van der Waals surface area (Å²) in [6.45, 7) is 3.41. The van der Waals surface area contributed by atoms with Crippen LogP contribution in [0, 0.1) is 5.41 Å². The molecule has 1 aromatic carbocycles. The van der Waals surface area contributed by atoms with Crippen LogP contribution in [-0.2, 0) is 21.1 Å². The van der Waals surface area contributed by atoms with Crippen molar-refractivity contribution in [1.29, 1.82) is 0 Å². The predicted molar refractivity (Wildman–Crippen MR) is 102 cm³/mol. The molecule has 0 aromatic heterocycles. The minimum atomic E-state index is -2.83. The van der Waals surface area contributed by atoms with Crippen molar-refractivity contribution in [1.82, 2.24) is 9.80 Å². The molecule has 5 nitrogen and oxygen atoms in total. The highest BCUT2D eigenvalue weighted by Gasteiger charge is 2.51. The number of sulfone groups is 1. The topological polar surface area (TPSA) is 57.7 Å². The molecule has 3 fully saturated rings. The maximum atomic E-state index is 13.1. The number of benzene rings is 1. The molecular formula is C20H28N2O3S. The first-order valence-electron chi connectivity index (χ1n) is 9.75. The van der Waals surface area contributed by atoms with E-state index in [0.29, 0.717) is 23.5 Å². The summed E-state index contributed by atoms with van der Waals surface area (Å²) in [5.74, 6) is 0.927. The van der Waals surface area contributed by atoms with Gasteiger partial charge in [0.1, 0.15) is 9.84 Å². The summed E-state index contributed by atoms with van der Waals surface area (Å²) in [7, 11) is -2.83. The summed E-state index contributed by atoms with van der Waals surface area (Å²) in [6, 6.07) is 10.7. The zero-order valence-corrected chi connectivity index (χ0v) is 16.1. The maximum absolute atomic E-state index is 13.1. The molecule has 1 unspecified atom stereocenters. The first kappa shape index (κ1) is 18.0. The zero-order chi connectivity index (χ0) is 18.2. The number of rotatable bonds is 4. The lowest BCUT2D eigenvalue weighted by atomic mass is 9.85. The Morgan fingerprint density at radius 1 is 1.04 bits per heavy atom. The molecule has 1 aromatic rings. The number of likely N-dealkylation sites (tertiary alicyclic amines) is 2. The predicted octanol–water partition coefficient (Wildman–Crippen LogP) is 1.73. The van der Waals surface area contributed by atoms with Gasteiger partial charge in [-0.25, -0.2) is 8.42 Å². The Hall–Kier alpha value is -1.40. The molecule has 0 radical (unpaired) electrons. The van der Waals surface area contributed by atoms with E-state index in [2.05, 4.69) is 17.0 Å². The molecule has 142 valence electrons. The molecule has 1 atom stereocenters. The lowest BCUT2D eigenvalue weighted by Crippen LogP contribution is -2.43. The summed E-state index contributed by atoms with van der Waals surface area (Å²) in [5.41, 5.74) is 1.06.